The number of aryl methyl sites for hydroxylation is 1. The first-order valence-electron chi connectivity index (χ1n) is 10.6. The Bertz CT molecular complexity index is 753. The number of carbonyl (C=O) groups is 1. The molecule has 0 radical (unpaired) electrons. The van der Waals surface area contributed by atoms with Crippen LogP contribution in [0.1, 0.15) is 61.9 Å². The van der Waals surface area contributed by atoms with Crippen LogP contribution < -0.4 is 5.32 Å². The van der Waals surface area contributed by atoms with Gasteiger partial charge >= 0.3 is 0 Å². The minimum absolute atomic E-state index is 0.0188. The Kier molecular flexibility index (Phi) is 8.08. The Labute approximate surface area is 170 Å². The Morgan fingerprint density at radius 3 is 2.43 bits per heavy atom. The lowest BCUT2D eigenvalue weighted by molar-refractivity contribution is 0.0948. The molecule has 0 saturated carbocycles. The number of aromatic amines is 1. The van der Waals surface area contributed by atoms with Crippen molar-refractivity contribution < 1.29 is 4.79 Å². The number of amides is 1. The molecule has 1 amide bonds. The van der Waals surface area contributed by atoms with Crippen LogP contribution in [0.4, 0.5) is 0 Å². The van der Waals surface area contributed by atoms with Crippen LogP contribution in [0.3, 0.4) is 0 Å². The molecule has 0 spiro atoms. The standard InChI is InChI=1S/C23H38N4O/c1-8-26(9-2)12-11-24-23(28)22-18(6)21(25-19(22)7)13-20-15-27(10-3)14-16(4)17(20)5/h13,25H,8-12,14-15H2,1-7H3,(H,24,28)/b20-13+. The topological polar surface area (TPSA) is 51.4 Å². The van der Waals surface area contributed by atoms with Crippen molar-refractivity contribution >= 4 is 12.0 Å². The van der Waals surface area contributed by atoms with Crippen LogP contribution in [0.25, 0.3) is 6.08 Å². The maximum atomic E-state index is 12.8. The van der Waals surface area contributed by atoms with E-state index in [1.807, 2.05) is 13.8 Å². The van der Waals surface area contributed by atoms with Gasteiger partial charge in [-0.3, -0.25) is 9.69 Å². The molecule has 2 rings (SSSR count). The van der Waals surface area contributed by atoms with Gasteiger partial charge in [0.15, 0.2) is 0 Å². The van der Waals surface area contributed by atoms with Crippen molar-refractivity contribution in [3.05, 3.63) is 39.2 Å². The predicted molar refractivity (Wildman–Crippen MR) is 119 cm³/mol. The molecule has 0 fully saturated rings. The summed E-state index contributed by atoms with van der Waals surface area (Å²) in [6.45, 7) is 21.6. The minimum atomic E-state index is 0.0188. The molecule has 5 heteroatoms. The second kappa shape index (κ2) is 10.1. The summed E-state index contributed by atoms with van der Waals surface area (Å²) in [4.78, 5) is 21.0. The van der Waals surface area contributed by atoms with Gasteiger partial charge in [-0.2, -0.15) is 0 Å². The fourth-order valence-electron chi connectivity index (χ4n) is 3.91. The molecule has 2 N–H and O–H groups in total. The molecule has 0 bridgehead atoms. The molecule has 0 aromatic carbocycles. The van der Waals surface area contributed by atoms with Crippen LogP contribution in [0.2, 0.25) is 0 Å². The van der Waals surface area contributed by atoms with E-state index in [1.54, 1.807) is 0 Å². The Morgan fingerprint density at radius 2 is 1.82 bits per heavy atom. The van der Waals surface area contributed by atoms with E-state index in [1.165, 1.54) is 16.7 Å². The summed E-state index contributed by atoms with van der Waals surface area (Å²) in [5.74, 6) is 0.0188. The maximum absolute atomic E-state index is 12.8. The smallest absolute Gasteiger partial charge is 0.253 e. The first kappa shape index (κ1) is 22.4. The quantitative estimate of drug-likeness (QED) is 0.715. The first-order chi connectivity index (χ1) is 13.3. The van der Waals surface area contributed by atoms with E-state index in [9.17, 15) is 4.79 Å². The summed E-state index contributed by atoms with van der Waals surface area (Å²) in [5, 5.41) is 3.09. The van der Waals surface area contributed by atoms with E-state index in [-0.39, 0.29) is 5.91 Å². The van der Waals surface area contributed by atoms with Gasteiger partial charge in [0.1, 0.15) is 0 Å². The molecule has 2 heterocycles. The van der Waals surface area contributed by atoms with Gasteiger partial charge in [0.2, 0.25) is 0 Å². The zero-order valence-electron chi connectivity index (χ0n) is 18.8. The molecule has 1 aromatic rings. The van der Waals surface area contributed by atoms with E-state index in [0.29, 0.717) is 6.54 Å². The Morgan fingerprint density at radius 1 is 1.14 bits per heavy atom. The number of hydrogen-bond acceptors (Lipinski definition) is 3. The van der Waals surface area contributed by atoms with Gasteiger partial charge in [0.05, 0.1) is 5.56 Å². The molecule has 0 aliphatic carbocycles. The molecule has 156 valence electrons. The second-order valence-electron chi connectivity index (χ2n) is 7.82. The molecule has 1 aromatic heterocycles. The lowest BCUT2D eigenvalue weighted by atomic mass is 9.95. The lowest BCUT2D eigenvalue weighted by Crippen LogP contribution is -2.35. The van der Waals surface area contributed by atoms with E-state index in [0.717, 1.165) is 61.8 Å². The minimum Gasteiger partial charge on any atom is -0.358 e. The van der Waals surface area contributed by atoms with Crippen LogP contribution >= 0.6 is 0 Å². The van der Waals surface area contributed by atoms with Crippen LogP contribution in [0.15, 0.2) is 16.7 Å². The van der Waals surface area contributed by atoms with Gasteiger partial charge in [0, 0.05) is 37.6 Å². The third-order valence-electron chi connectivity index (χ3n) is 6.05. The fourth-order valence-corrected chi connectivity index (χ4v) is 3.91. The number of likely N-dealkylation sites (N-methyl/N-ethyl adjacent to an activating group) is 2. The van der Waals surface area contributed by atoms with Crippen molar-refractivity contribution in [3.8, 4) is 0 Å². The summed E-state index contributed by atoms with van der Waals surface area (Å²) in [7, 11) is 0. The average Bonchev–Trinajstić information content (AvgIpc) is 2.95. The van der Waals surface area contributed by atoms with Crippen molar-refractivity contribution in [3.63, 3.8) is 0 Å². The number of aromatic nitrogens is 1. The molecule has 0 unspecified atom stereocenters. The van der Waals surface area contributed by atoms with Crippen LogP contribution in [0, 0.1) is 13.8 Å². The number of rotatable bonds is 8. The first-order valence-corrected chi connectivity index (χ1v) is 10.6. The van der Waals surface area contributed by atoms with Crippen LogP contribution in [0.5, 0.6) is 0 Å². The highest BCUT2D eigenvalue weighted by Gasteiger charge is 2.20. The van der Waals surface area contributed by atoms with Gasteiger partial charge in [0.25, 0.3) is 5.91 Å². The van der Waals surface area contributed by atoms with Crippen molar-refractivity contribution in [1.82, 2.24) is 20.1 Å². The number of H-pyrrole nitrogens is 1. The van der Waals surface area contributed by atoms with E-state index in [2.05, 4.69) is 60.8 Å². The van der Waals surface area contributed by atoms with E-state index in [4.69, 9.17) is 0 Å². The molecular formula is C23H38N4O. The van der Waals surface area contributed by atoms with Crippen LogP contribution in [-0.4, -0.2) is 66.5 Å². The zero-order valence-corrected chi connectivity index (χ0v) is 18.8. The number of hydrogen-bond donors (Lipinski definition) is 2. The largest absolute Gasteiger partial charge is 0.358 e. The van der Waals surface area contributed by atoms with Crippen molar-refractivity contribution in [2.75, 3.05) is 45.8 Å². The number of nitrogens with one attached hydrogen (secondary N) is 2. The summed E-state index contributed by atoms with van der Waals surface area (Å²) in [5.41, 5.74) is 7.94. The van der Waals surface area contributed by atoms with Gasteiger partial charge in [-0.25, -0.2) is 0 Å². The lowest BCUT2D eigenvalue weighted by Gasteiger charge is -2.29. The summed E-state index contributed by atoms with van der Waals surface area (Å²) >= 11 is 0. The predicted octanol–water partition coefficient (Wildman–Crippen LogP) is 3.76. The van der Waals surface area contributed by atoms with Crippen LogP contribution in [-0.2, 0) is 0 Å². The zero-order chi connectivity index (χ0) is 20.8. The normalized spacial score (nSPS) is 17.1. The molecule has 0 atom stereocenters. The van der Waals surface area contributed by atoms with Gasteiger partial charge < -0.3 is 15.2 Å². The molecule has 1 aliphatic heterocycles. The Hall–Kier alpha value is -1.85. The molecule has 1 aliphatic rings. The third kappa shape index (κ3) is 5.15. The Balaban J connectivity index is 2.19. The molecule has 28 heavy (non-hydrogen) atoms. The summed E-state index contributed by atoms with van der Waals surface area (Å²) in [6.07, 6.45) is 2.23. The molecular weight excluding hydrogens is 348 g/mol. The van der Waals surface area contributed by atoms with Gasteiger partial charge in [-0.15, -0.1) is 0 Å². The van der Waals surface area contributed by atoms with Crippen molar-refractivity contribution in [2.24, 2.45) is 0 Å². The highest BCUT2D eigenvalue weighted by molar-refractivity contribution is 5.97. The fraction of sp³-hybridized carbons (Fsp3) is 0.609. The van der Waals surface area contributed by atoms with Gasteiger partial charge in [-0.05, 0) is 70.1 Å². The highest BCUT2D eigenvalue weighted by Crippen LogP contribution is 2.27. The van der Waals surface area contributed by atoms with Crippen molar-refractivity contribution in [2.45, 2.75) is 48.5 Å². The monoisotopic (exact) mass is 386 g/mol. The average molecular weight is 387 g/mol. The summed E-state index contributed by atoms with van der Waals surface area (Å²) < 4.78 is 0. The SMILES string of the molecule is CCN(CC)CCNC(=O)c1c(C)[nH]c(/C=C2\CN(CC)CC(C)=C2C)c1C. The number of nitrogens with zero attached hydrogens (tertiary/aromatic N) is 2. The van der Waals surface area contributed by atoms with E-state index >= 15 is 0 Å². The van der Waals surface area contributed by atoms with Gasteiger partial charge in [-0.1, -0.05) is 26.3 Å². The highest BCUT2D eigenvalue weighted by atomic mass is 16.1. The van der Waals surface area contributed by atoms with E-state index < -0.39 is 0 Å². The molecule has 5 nitrogen and oxygen atoms in total. The summed E-state index contributed by atoms with van der Waals surface area (Å²) in [6, 6.07) is 0. The van der Waals surface area contributed by atoms with Crippen molar-refractivity contribution in [1.29, 1.82) is 0 Å². The number of carbonyl (C=O) groups excluding carboxylic acids is 1. The maximum Gasteiger partial charge on any atom is 0.253 e. The molecule has 0 saturated heterocycles. The third-order valence-corrected chi connectivity index (χ3v) is 6.05. The second-order valence-corrected chi connectivity index (χ2v) is 7.82.